The summed E-state index contributed by atoms with van der Waals surface area (Å²) in [5, 5.41) is 3.01. The van der Waals surface area contributed by atoms with Gasteiger partial charge in [0, 0.05) is 18.7 Å². The Morgan fingerprint density at radius 2 is 2.00 bits per heavy atom. The predicted octanol–water partition coefficient (Wildman–Crippen LogP) is 3.85. The van der Waals surface area contributed by atoms with Crippen molar-refractivity contribution in [2.24, 2.45) is 17.1 Å². The first-order valence-electron chi connectivity index (χ1n) is 7.30. The van der Waals surface area contributed by atoms with E-state index in [4.69, 9.17) is 5.73 Å². The first-order valence-corrected chi connectivity index (χ1v) is 7.30. The topological polar surface area (TPSA) is 55.1 Å². The molecular weight excluding hydrogens is 248 g/mol. The lowest BCUT2D eigenvalue weighted by atomic mass is 9.84. The first kappa shape index (κ1) is 16.7. The first-order chi connectivity index (χ1) is 9.21. The van der Waals surface area contributed by atoms with Crippen molar-refractivity contribution in [1.29, 1.82) is 0 Å². The number of hydrogen-bond donors (Lipinski definition) is 2. The maximum Gasteiger partial charge on any atom is 0.224 e. The fraction of sp³-hybridized carbons (Fsp3) is 0.588. The standard InChI is InChI=1S/C17H28N2O/c1-12(10-17(3,4)5)8-16(20)19-15-9-14(11-18)7-6-13(15)2/h6-7,9,12H,8,10-11,18H2,1-5H3,(H,19,20). The van der Waals surface area contributed by atoms with E-state index in [2.05, 4.69) is 33.0 Å². The molecule has 1 aromatic rings. The fourth-order valence-electron chi connectivity index (χ4n) is 2.57. The lowest BCUT2D eigenvalue weighted by Crippen LogP contribution is -2.19. The normalized spacial score (nSPS) is 13.1. The highest BCUT2D eigenvalue weighted by molar-refractivity contribution is 5.91. The number of nitrogens with two attached hydrogens (primary N) is 1. The molecule has 0 aliphatic carbocycles. The van der Waals surface area contributed by atoms with Gasteiger partial charge in [-0.25, -0.2) is 0 Å². The Kier molecular flexibility index (Phi) is 5.75. The smallest absolute Gasteiger partial charge is 0.224 e. The largest absolute Gasteiger partial charge is 0.326 e. The molecule has 0 fully saturated rings. The van der Waals surface area contributed by atoms with Crippen LogP contribution in [0.3, 0.4) is 0 Å². The number of hydrogen-bond acceptors (Lipinski definition) is 2. The summed E-state index contributed by atoms with van der Waals surface area (Å²) in [6.45, 7) is 11.2. The molecule has 20 heavy (non-hydrogen) atoms. The van der Waals surface area contributed by atoms with Gasteiger partial charge in [0.1, 0.15) is 0 Å². The molecule has 0 bridgehead atoms. The Labute approximate surface area is 122 Å². The highest BCUT2D eigenvalue weighted by Gasteiger charge is 2.18. The molecule has 1 amide bonds. The molecular formula is C17H28N2O. The second kappa shape index (κ2) is 6.89. The molecule has 0 aliphatic rings. The number of benzene rings is 1. The summed E-state index contributed by atoms with van der Waals surface area (Å²) >= 11 is 0. The molecule has 0 aromatic heterocycles. The van der Waals surface area contributed by atoms with Crippen LogP contribution in [0.25, 0.3) is 0 Å². The number of rotatable bonds is 5. The van der Waals surface area contributed by atoms with E-state index in [1.807, 2.05) is 25.1 Å². The predicted molar refractivity (Wildman–Crippen MR) is 85.6 cm³/mol. The molecule has 112 valence electrons. The van der Waals surface area contributed by atoms with Gasteiger partial charge in [-0.1, -0.05) is 39.8 Å². The van der Waals surface area contributed by atoms with Gasteiger partial charge in [-0.2, -0.15) is 0 Å². The molecule has 1 unspecified atom stereocenters. The summed E-state index contributed by atoms with van der Waals surface area (Å²) in [7, 11) is 0. The monoisotopic (exact) mass is 276 g/mol. The highest BCUT2D eigenvalue weighted by atomic mass is 16.1. The quantitative estimate of drug-likeness (QED) is 0.858. The Morgan fingerprint density at radius 3 is 2.55 bits per heavy atom. The zero-order valence-electron chi connectivity index (χ0n) is 13.4. The fourth-order valence-corrected chi connectivity index (χ4v) is 2.57. The Balaban J connectivity index is 2.62. The van der Waals surface area contributed by atoms with Gasteiger partial charge in [0.25, 0.3) is 0 Å². The van der Waals surface area contributed by atoms with Crippen molar-refractivity contribution >= 4 is 11.6 Å². The second-order valence-corrected chi connectivity index (χ2v) is 6.98. The maximum atomic E-state index is 12.1. The van der Waals surface area contributed by atoms with E-state index in [1.165, 1.54) is 0 Å². The molecule has 0 spiro atoms. The van der Waals surface area contributed by atoms with Crippen LogP contribution in [0.4, 0.5) is 5.69 Å². The lowest BCUT2D eigenvalue weighted by Gasteiger charge is -2.23. The van der Waals surface area contributed by atoms with Gasteiger partial charge in [0.2, 0.25) is 5.91 Å². The van der Waals surface area contributed by atoms with Crippen LogP contribution in [0.15, 0.2) is 18.2 Å². The summed E-state index contributed by atoms with van der Waals surface area (Å²) in [4.78, 5) is 12.1. The third-order valence-corrected chi connectivity index (χ3v) is 3.31. The van der Waals surface area contributed by atoms with E-state index in [0.717, 1.165) is 23.2 Å². The van der Waals surface area contributed by atoms with Gasteiger partial charge in [-0.3, -0.25) is 4.79 Å². The van der Waals surface area contributed by atoms with Gasteiger partial charge in [-0.15, -0.1) is 0 Å². The SMILES string of the molecule is Cc1ccc(CN)cc1NC(=O)CC(C)CC(C)(C)C. The van der Waals surface area contributed by atoms with Crippen molar-refractivity contribution in [3.8, 4) is 0 Å². The van der Waals surface area contributed by atoms with Crippen molar-refractivity contribution in [2.45, 2.75) is 54.0 Å². The molecule has 0 saturated heterocycles. The van der Waals surface area contributed by atoms with Gasteiger partial charge in [0.05, 0.1) is 0 Å². The molecule has 3 nitrogen and oxygen atoms in total. The second-order valence-electron chi connectivity index (χ2n) is 6.98. The van der Waals surface area contributed by atoms with Crippen molar-refractivity contribution in [1.82, 2.24) is 0 Å². The lowest BCUT2D eigenvalue weighted by molar-refractivity contribution is -0.117. The van der Waals surface area contributed by atoms with Gasteiger partial charge >= 0.3 is 0 Å². The molecule has 0 aliphatic heterocycles. The highest BCUT2D eigenvalue weighted by Crippen LogP contribution is 2.26. The van der Waals surface area contributed by atoms with E-state index in [1.54, 1.807) is 0 Å². The van der Waals surface area contributed by atoms with E-state index in [0.29, 0.717) is 18.9 Å². The Hall–Kier alpha value is -1.35. The van der Waals surface area contributed by atoms with Crippen molar-refractivity contribution in [3.05, 3.63) is 29.3 Å². The number of amides is 1. The summed E-state index contributed by atoms with van der Waals surface area (Å²) in [5.74, 6) is 0.465. The minimum atomic E-state index is 0.0824. The summed E-state index contributed by atoms with van der Waals surface area (Å²) in [6, 6.07) is 5.95. The Morgan fingerprint density at radius 1 is 1.35 bits per heavy atom. The summed E-state index contributed by atoms with van der Waals surface area (Å²) in [5.41, 5.74) is 8.88. The maximum absolute atomic E-state index is 12.1. The van der Waals surface area contributed by atoms with E-state index in [9.17, 15) is 4.79 Å². The van der Waals surface area contributed by atoms with Crippen LogP contribution in [0, 0.1) is 18.3 Å². The number of anilines is 1. The van der Waals surface area contributed by atoms with Crippen LogP contribution < -0.4 is 11.1 Å². The van der Waals surface area contributed by atoms with Crippen LogP contribution in [0.5, 0.6) is 0 Å². The van der Waals surface area contributed by atoms with E-state index < -0.39 is 0 Å². The molecule has 1 aromatic carbocycles. The molecule has 3 N–H and O–H groups in total. The average Bonchev–Trinajstić information content (AvgIpc) is 2.29. The number of aryl methyl sites for hydroxylation is 1. The number of carbonyl (C=O) groups excluding carboxylic acids is 1. The third kappa shape index (κ3) is 5.74. The molecule has 1 atom stereocenters. The molecule has 0 heterocycles. The van der Waals surface area contributed by atoms with Crippen LogP contribution in [-0.2, 0) is 11.3 Å². The van der Waals surface area contributed by atoms with Gasteiger partial charge in [-0.05, 0) is 41.9 Å². The van der Waals surface area contributed by atoms with E-state index in [-0.39, 0.29) is 11.3 Å². The zero-order chi connectivity index (χ0) is 15.3. The molecule has 0 saturated carbocycles. The average molecular weight is 276 g/mol. The van der Waals surface area contributed by atoms with Crippen LogP contribution in [-0.4, -0.2) is 5.91 Å². The van der Waals surface area contributed by atoms with Crippen LogP contribution in [0.1, 0.15) is 51.7 Å². The molecule has 3 heteroatoms. The minimum absolute atomic E-state index is 0.0824. The van der Waals surface area contributed by atoms with Gasteiger partial charge in [0.15, 0.2) is 0 Å². The van der Waals surface area contributed by atoms with Gasteiger partial charge < -0.3 is 11.1 Å². The van der Waals surface area contributed by atoms with Crippen molar-refractivity contribution in [3.63, 3.8) is 0 Å². The zero-order valence-corrected chi connectivity index (χ0v) is 13.4. The van der Waals surface area contributed by atoms with Crippen LogP contribution >= 0.6 is 0 Å². The van der Waals surface area contributed by atoms with Crippen molar-refractivity contribution in [2.75, 3.05) is 5.32 Å². The minimum Gasteiger partial charge on any atom is -0.326 e. The summed E-state index contributed by atoms with van der Waals surface area (Å²) in [6.07, 6.45) is 1.60. The number of carbonyl (C=O) groups is 1. The Bertz CT molecular complexity index is 461. The molecule has 0 radical (unpaired) electrons. The third-order valence-electron chi connectivity index (χ3n) is 3.31. The van der Waals surface area contributed by atoms with E-state index >= 15 is 0 Å². The molecule has 1 rings (SSSR count). The van der Waals surface area contributed by atoms with Crippen LogP contribution in [0.2, 0.25) is 0 Å². The van der Waals surface area contributed by atoms with Crippen molar-refractivity contribution < 1.29 is 4.79 Å². The summed E-state index contributed by atoms with van der Waals surface area (Å²) < 4.78 is 0. The number of nitrogens with one attached hydrogen (secondary N) is 1.